The number of nitrogens with one attached hydrogen (secondary N) is 2. The number of benzene rings is 2. The van der Waals surface area contributed by atoms with E-state index in [-0.39, 0.29) is 6.04 Å². The highest BCUT2D eigenvalue weighted by atomic mass is 16.5. The molecule has 3 heterocycles. The van der Waals surface area contributed by atoms with Crippen LogP contribution in [0.1, 0.15) is 12.5 Å². The highest BCUT2D eigenvalue weighted by molar-refractivity contribution is 6.39. The Hall–Kier alpha value is -3.75. The number of aromatic nitrogens is 1. The van der Waals surface area contributed by atoms with Crippen molar-refractivity contribution in [3.05, 3.63) is 52.5 Å². The van der Waals surface area contributed by atoms with E-state index in [0.717, 1.165) is 24.5 Å². The van der Waals surface area contributed by atoms with Gasteiger partial charge in [0.05, 0.1) is 12.1 Å². The largest absolute Gasteiger partial charge is 0.493 e. The van der Waals surface area contributed by atoms with Crippen molar-refractivity contribution < 1.29 is 18.7 Å². The van der Waals surface area contributed by atoms with E-state index in [4.69, 9.17) is 9.15 Å². The molecule has 0 spiro atoms. The van der Waals surface area contributed by atoms with Crippen LogP contribution in [-0.4, -0.2) is 54.0 Å². The number of oxazole rings is 1. The summed E-state index contributed by atoms with van der Waals surface area (Å²) in [6.07, 6.45) is 0.911. The van der Waals surface area contributed by atoms with Crippen LogP contribution in [0.15, 0.2) is 45.6 Å². The van der Waals surface area contributed by atoms with Gasteiger partial charge in [-0.15, -0.1) is 0 Å². The molecule has 0 saturated carbocycles. The summed E-state index contributed by atoms with van der Waals surface area (Å²) in [5.74, 6) is -0.923. The molecule has 0 bridgehead atoms. The number of piperazine rings is 1. The van der Waals surface area contributed by atoms with Gasteiger partial charge in [-0.25, -0.2) is 4.79 Å². The summed E-state index contributed by atoms with van der Waals surface area (Å²) in [5, 5.41) is 2.59. The minimum atomic E-state index is -0.715. The number of nitrogens with zero attached hydrogens (tertiary/aromatic N) is 2. The second kappa shape index (κ2) is 7.50. The molecule has 9 nitrogen and oxygen atoms in total. The molecule has 9 heteroatoms. The minimum absolute atomic E-state index is 0.0661. The first-order valence-electron chi connectivity index (χ1n) is 10.2. The van der Waals surface area contributed by atoms with E-state index in [9.17, 15) is 14.4 Å². The van der Waals surface area contributed by atoms with Crippen LogP contribution in [0.25, 0.3) is 11.1 Å². The Kier molecular flexibility index (Phi) is 4.65. The second-order valence-electron chi connectivity index (χ2n) is 7.86. The lowest BCUT2D eigenvalue weighted by atomic mass is 10.1. The van der Waals surface area contributed by atoms with Crippen LogP contribution in [-0.2, 0) is 16.0 Å². The van der Waals surface area contributed by atoms with Gasteiger partial charge in [-0.05, 0) is 42.8 Å². The summed E-state index contributed by atoms with van der Waals surface area (Å²) in [7, 11) is 0. The number of aromatic amines is 1. The molecule has 2 aromatic carbocycles. The number of carbonyl (C=O) groups excluding carboxylic acids is 2. The van der Waals surface area contributed by atoms with Crippen molar-refractivity contribution in [2.75, 3.05) is 36.5 Å². The predicted octanol–water partition coefficient (Wildman–Crippen LogP) is 1.73. The zero-order valence-electron chi connectivity index (χ0n) is 17.0. The van der Waals surface area contributed by atoms with E-state index < -0.39 is 17.6 Å². The molecule has 1 aromatic heterocycles. The third kappa shape index (κ3) is 3.63. The average Bonchev–Trinajstić information content (AvgIpc) is 3.37. The van der Waals surface area contributed by atoms with Crippen LogP contribution in [0.5, 0.6) is 5.75 Å². The summed E-state index contributed by atoms with van der Waals surface area (Å²) in [4.78, 5) is 42.8. The first-order valence-corrected chi connectivity index (χ1v) is 10.2. The van der Waals surface area contributed by atoms with Gasteiger partial charge in [-0.3, -0.25) is 14.6 Å². The van der Waals surface area contributed by atoms with E-state index in [0.29, 0.717) is 36.4 Å². The molecular formula is C22H22N4O5. The van der Waals surface area contributed by atoms with Crippen molar-refractivity contribution >= 4 is 34.3 Å². The fraction of sp³-hybridized carbons (Fsp3) is 0.318. The molecule has 3 aromatic rings. The van der Waals surface area contributed by atoms with Gasteiger partial charge in [0.15, 0.2) is 5.58 Å². The molecule has 31 heavy (non-hydrogen) atoms. The quantitative estimate of drug-likeness (QED) is 0.609. The van der Waals surface area contributed by atoms with Crippen LogP contribution < -0.4 is 20.7 Å². The standard InChI is InChI=1S/C22H22N4O5/c1-13-12-25(7-8-26(13)16-3-5-18-14(10-16)6-9-30-18)21(28)20(27)23-15-2-4-17-19(11-15)31-22(29)24-17/h2-5,10-11,13H,6-9,12H2,1H3,(H,23,27)(H,24,29)/t13-/m1/s1. The minimum Gasteiger partial charge on any atom is -0.493 e. The van der Waals surface area contributed by atoms with E-state index >= 15 is 0 Å². The number of amides is 2. The summed E-state index contributed by atoms with van der Waals surface area (Å²) in [6.45, 7) is 4.31. The van der Waals surface area contributed by atoms with Gasteiger partial charge < -0.3 is 24.3 Å². The molecule has 2 N–H and O–H groups in total. The summed E-state index contributed by atoms with van der Waals surface area (Å²) in [6, 6.07) is 11.0. The number of carbonyl (C=O) groups is 2. The zero-order chi connectivity index (χ0) is 21.5. The lowest BCUT2D eigenvalue weighted by molar-refractivity contribution is -0.143. The molecule has 2 amide bonds. The number of H-pyrrole nitrogens is 1. The monoisotopic (exact) mass is 422 g/mol. The molecule has 1 saturated heterocycles. The Morgan fingerprint density at radius 2 is 2.03 bits per heavy atom. The highest BCUT2D eigenvalue weighted by Crippen LogP contribution is 2.31. The molecule has 160 valence electrons. The van der Waals surface area contributed by atoms with Gasteiger partial charge in [0.2, 0.25) is 0 Å². The molecule has 0 aliphatic carbocycles. The molecular weight excluding hydrogens is 400 g/mol. The lowest BCUT2D eigenvalue weighted by Crippen LogP contribution is -2.55. The third-order valence-corrected chi connectivity index (χ3v) is 5.79. The maximum Gasteiger partial charge on any atom is 0.417 e. The summed E-state index contributed by atoms with van der Waals surface area (Å²) in [5.41, 5.74) is 3.54. The lowest BCUT2D eigenvalue weighted by Gasteiger charge is -2.41. The van der Waals surface area contributed by atoms with Gasteiger partial charge in [-0.1, -0.05) is 0 Å². The van der Waals surface area contributed by atoms with E-state index in [1.807, 2.05) is 19.1 Å². The average molecular weight is 422 g/mol. The fourth-order valence-electron chi connectivity index (χ4n) is 4.23. The molecule has 0 radical (unpaired) electrons. The molecule has 0 unspecified atom stereocenters. The number of anilines is 2. The van der Waals surface area contributed by atoms with Crippen molar-refractivity contribution in [2.24, 2.45) is 0 Å². The summed E-state index contributed by atoms with van der Waals surface area (Å²) >= 11 is 0. The number of ether oxygens (including phenoxy) is 1. The van der Waals surface area contributed by atoms with Crippen molar-refractivity contribution in [2.45, 2.75) is 19.4 Å². The Morgan fingerprint density at radius 1 is 1.16 bits per heavy atom. The third-order valence-electron chi connectivity index (χ3n) is 5.79. The van der Waals surface area contributed by atoms with Crippen molar-refractivity contribution in [3.63, 3.8) is 0 Å². The van der Waals surface area contributed by atoms with Gasteiger partial charge in [0.25, 0.3) is 0 Å². The Morgan fingerprint density at radius 3 is 2.87 bits per heavy atom. The van der Waals surface area contributed by atoms with Crippen molar-refractivity contribution in [1.82, 2.24) is 9.88 Å². The molecule has 1 fully saturated rings. The van der Waals surface area contributed by atoms with Gasteiger partial charge in [0, 0.05) is 49.5 Å². The van der Waals surface area contributed by atoms with Crippen LogP contribution in [0.3, 0.4) is 0 Å². The predicted molar refractivity (Wildman–Crippen MR) is 114 cm³/mol. The van der Waals surface area contributed by atoms with E-state index in [1.165, 1.54) is 11.6 Å². The van der Waals surface area contributed by atoms with Crippen LogP contribution in [0.4, 0.5) is 11.4 Å². The molecule has 2 aliphatic rings. The fourth-order valence-corrected chi connectivity index (χ4v) is 4.23. The van der Waals surface area contributed by atoms with Gasteiger partial charge >= 0.3 is 17.6 Å². The maximum absolute atomic E-state index is 12.7. The number of hydrogen-bond acceptors (Lipinski definition) is 6. The SMILES string of the molecule is C[C@@H]1CN(C(=O)C(=O)Nc2ccc3[nH]c(=O)oc3c2)CCN1c1ccc2c(c1)CCO2. The molecule has 2 aliphatic heterocycles. The number of rotatable bonds is 2. The van der Waals surface area contributed by atoms with E-state index in [2.05, 4.69) is 21.3 Å². The topological polar surface area (TPSA) is 108 Å². The Bertz CT molecular complexity index is 1230. The van der Waals surface area contributed by atoms with Crippen LogP contribution >= 0.6 is 0 Å². The Labute approximate surface area is 177 Å². The molecule has 5 rings (SSSR count). The smallest absolute Gasteiger partial charge is 0.417 e. The van der Waals surface area contributed by atoms with Crippen molar-refractivity contribution in [1.29, 1.82) is 0 Å². The normalized spacial score (nSPS) is 18.0. The van der Waals surface area contributed by atoms with E-state index in [1.54, 1.807) is 17.0 Å². The van der Waals surface area contributed by atoms with Gasteiger partial charge in [0.1, 0.15) is 5.75 Å². The number of fused-ring (bicyclic) bond motifs is 2. The maximum atomic E-state index is 12.7. The first kappa shape index (κ1) is 19.2. The summed E-state index contributed by atoms with van der Waals surface area (Å²) < 4.78 is 10.6. The first-order chi connectivity index (χ1) is 15.0. The van der Waals surface area contributed by atoms with Crippen LogP contribution in [0.2, 0.25) is 0 Å². The van der Waals surface area contributed by atoms with Crippen molar-refractivity contribution in [3.8, 4) is 5.75 Å². The number of hydrogen-bond donors (Lipinski definition) is 2. The highest BCUT2D eigenvalue weighted by Gasteiger charge is 2.30. The second-order valence-corrected chi connectivity index (χ2v) is 7.86. The van der Waals surface area contributed by atoms with Crippen LogP contribution in [0, 0.1) is 0 Å². The zero-order valence-corrected chi connectivity index (χ0v) is 17.0. The van der Waals surface area contributed by atoms with Gasteiger partial charge in [-0.2, -0.15) is 0 Å². The Balaban J connectivity index is 1.24. The molecule has 1 atom stereocenters.